The molecule has 1 aliphatic heterocycles. The van der Waals surface area contributed by atoms with Gasteiger partial charge in [-0.1, -0.05) is 12.7 Å². The molecule has 29 heavy (non-hydrogen) atoms. The Morgan fingerprint density at radius 3 is 2.90 bits per heavy atom. The number of rotatable bonds is 4. The van der Waals surface area contributed by atoms with Crippen molar-refractivity contribution in [1.29, 1.82) is 0 Å². The summed E-state index contributed by atoms with van der Waals surface area (Å²) in [6, 6.07) is 4.71. The first-order valence-electron chi connectivity index (χ1n) is 8.87. The lowest BCUT2D eigenvalue weighted by Gasteiger charge is -2.34. The average molecular weight is 422 g/mol. The van der Waals surface area contributed by atoms with Crippen LogP contribution in [0.3, 0.4) is 0 Å². The van der Waals surface area contributed by atoms with Crippen LogP contribution in [0.15, 0.2) is 36.2 Å². The van der Waals surface area contributed by atoms with Crippen molar-refractivity contribution < 1.29 is 22.7 Å². The predicted octanol–water partition coefficient (Wildman–Crippen LogP) is 4.29. The molecule has 1 unspecified atom stereocenters. The van der Waals surface area contributed by atoms with Crippen LogP contribution in [0.2, 0.25) is 0 Å². The standard InChI is InChI=1S/C19H17F3N4O2S/c1-3-7-28-14-9-12(10-15-13(14)4-8-29-15)17(27)25-5-6-26-16(11(25)2)23-24-18(26)19(20,21)22/h3-4,8-11H,1,5-7H2,2H3. The van der Waals surface area contributed by atoms with Crippen LogP contribution in [-0.2, 0) is 12.7 Å². The molecule has 0 saturated carbocycles. The third kappa shape index (κ3) is 3.37. The zero-order valence-electron chi connectivity index (χ0n) is 15.4. The fraction of sp³-hybridized carbons (Fsp3) is 0.316. The van der Waals surface area contributed by atoms with E-state index < -0.39 is 18.0 Å². The van der Waals surface area contributed by atoms with Gasteiger partial charge in [0, 0.05) is 28.7 Å². The van der Waals surface area contributed by atoms with Crippen LogP contribution in [0.4, 0.5) is 13.2 Å². The fourth-order valence-electron chi connectivity index (χ4n) is 3.47. The summed E-state index contributed by atoms with van der Waals surface area (Å²) in [6.07, 6.45) is -2.97. The summed E-state index contributed by atoms with van der Waals surface area (Å²) in [6.45, 7) is 5.68. The fourth-order valence-corrected chi connectivity index (χ4v) is 4.31. The zero-order chi connectivity index (χ0) is 20.8. The molecule has 10 heteroatoms. The van der Waals surface area contributed by atoms with Crippen LogP contribution in [0.25, 0.3) is 10.1 Å². The molecule has 1 aliphatic rings. The summed E-state index contributed by atoms with van der Waals surface area (Å²) in [5, 5.41) is 9.79. The third-order valence-electron chi connectivity index (χ3n) is 4.84. The van der Waals surface area contributed by atoms with E-state index in [0.717, 1.165) is 14.7 Å². The Morgan fingerprint density at radius 2 is 2.17 bits per heavy atom. The lowest BCUT2D eigenvalue weighted by molar-refractivity contribution is -0.148. The Labute approximate surface area is 168 Å². The molecule has 2 aromatic heterocycles. The number of alkyl halides is 3. The summed E-state index contributed by atoms with van der Waals surface area (Å²) in [4.78, 5) is 14.7. The first-order chi connectivity index (χ1) is 13.8. The number of nitrogens with zero attached hydrogens (tertiary/aromatic N) is 4. The molecule has 0 saturated heterocycles. The van der Waals surface area contributed by atoms with E-state index in [1.54, 1.807) is 25.1 Å². The van der Waals surface area contributed by atoms with Gasteiger partial charge in [-0.3, -0.25) is 4.79 Å². The SMILES string of the molecule is C=CCOc1cc(C(=O)N2CCn3c(nnc3C(F)(F)F)C2C)cc2sccc12. The average Bonchev–Trinajstić information content (AvgIpc) is 3.32. The summed E-state index contributed by atoms with van der Waals surface area (Å²) < 4.78 is 46.9. The summed E-state index contributed by atoms with van der Waals surface area (Å²) in [5.74, 6) is -0.637. The van der Waals surface area contributed by atoms with Gasteiger partial charge in [-0.05, 0) is 30.5 Å². The van der Waals surface area contributed by atoms with Crippen molar-refractivity contribution in [3.8, 4) is 5.75 Å². The maximum absolute atomic E-state index is 13.2. The molecule has 3 aromatic rings. The molecule has 1 atom stereocenters. The summed E-state index contributed by atoms with van der Waals surface area (Å²) >= 11 is 1.48. The smallest absolute Gasteiger partial charge is 0.451 e. The molecule has 1 aromatic carbocycles. The van der Waals surface area contributed by atoms with Crippen LogP contribution in [0.1, 0.15) is 35.0 Å². The van der Waals surface area contributed by atoms with Crippen molar-refractivity contribution in [2.75, 3.05) is 13.2 Å². The highest BCUT2D eigenvalue weighted by atomic mass is 32.1. The van der Waals surface area contributed by atoms with Crippen LogP contribution in [0, 0.1) is 0 Å². The number of carbonyl (C=O) groups excluding carboxylic acids is 1. The van der Waals surface area contributed by atoms with Crippen molar-refractivity contribution in [3.05, 3.63) is 53.4 Å². The van der Waals surface area contributed by atoms with Crippen molar-refractivity contribution in [2.24, 2.45) is 0 Å². The molecule has 4 rings (SSSR count). The van der Waals surface area contributed by atoms with E-state index in [1.165, 1.54) is 16.2 Å². The van der Waals surface area contributed by atoms with E-state index in [-0.39, 0.29) is 24.8 Å². The molecule has 0 radical (unpaired) electrons. The zero-order valence-corrected chi connectivity index (χ0v) is 16.3. The molecule has 1 amide bonds. The molecular weight excluding hydrogens is 405 g/mol. The van der Waals surface area contributed by atoms with Crippen molar-refractivity contribution in [1.82, 2.24) is 19.7 Å². The highest BCUT2D eigenvalue weighted by molar-refractivity contribution is 7.17. The number of thiophene rings is 1. The summed E-state index contributed by atoms with van der Waals surface area (Å²) in [7, 11) is 0. The van der Waals surface area contributed by atoms with Crippen molar-refractivity contribution in [3.63, 3.8) is 0 Å². The molecule has 0 aliphatic carbocycles. The van der Waals surface area contributed by atoms with Gasteiger partial charge in [0.25, 0.3) is 5.91 Å². The van der Waals surface area contributed by atoms with E-state index in [1.807, 2.05) is 11.4 Å². The van der Waals surface area contributed by atoms with Gasteiger partial charge in [0.1, 0.15) is 12.4 Å². The van der Waals surface area contributed by atoms with Gasteiger partial charge >= 0.3 is 6.18 Å². The Kier molecular flexibility index (Phi) is 4.81. The predicted molar refractivity (Wildman–Crippen MR) is 102 cm³/mol. The van der Waals surface area contributed by atoms with Crippen LogP contribution >= 0.6 is 11.3 Å². The number of ether oxygens (including phenoxy) is 1. The molecule has 0 N–H and O–H groups in total. The first kappa shape index (κ1) is 19.4. The minimum Gasteiger partial charge on any atom is -0.489 e. The van der Waals surface area contributed by atoms with E-state index in [9.17, 15) is 18.0 Å². The van der Waals surface area contributed by atoms with Gasteiger partial charge in [0.15, 0.2) is 5.82 Å². The molecule has 0 bridgehead atoms. The van der Waals surface area contributed by atoms with Gasteiger partial charge < -0.3 is 14.2 Å². The van der Waals surface area contributed by atoms with Gasteiger partial charge in [-0.15, -0.1) is 21.5 Å². The topological polar surface area (TPSA) is 60.2 Å². The molecule has 3 heterocycles. The maximum atomic E-state index is 13.2. The quantitative estimate of drug-likeness (QED) is 0.589. The Bertz CT molecular complexity index is 1090. The van der Waals surface area contributed by atoms with Gasteiger partial charge in [-0.2, -0.15) is 13.2 Å². The normalized spacial score (nSPS) is 16.7. The number of benzene rings is 1. The summed E-state index contributed by atoms with van der Waals surface area (Å²) in [5.41, 5.74) is 0.412. The van der Waals surface area contributed by atoms with E-state index in [0.29, 0.717) is 17.9 Å². The van der Waals surface area contributed by atoms with Crippen molar-refractivity contribution in [2.45, 2.75) is 25.7 Å². The number of amides is 1. The van der Waals surface area contributed by atoms with Gasteiger partial charge in [0.2, 0.25) is 5.82 Å². The third-order valence-corrected chi connectivity index (χ3v) is 5.70. The maximum Gasteiger partial charge on any atom is 0.451 e. The second-order valence-corrected chi connectivity index (χ2v) is 7.56. The molecule has 0 fully saturated rings. The molecule has 0 spiro atoms. The van der Waals surface area contributed by atoms with E-state index in [2.05, 4.69) is 16.8 Å². The Hall–Kier alpha value is -2.88. The van der Waals surface area contributed by atoms with E-state index >= 15 is 0 Å². The minimum atomic E-state index is -4.58. The first-order valence-corrected chi connectivity index (χ1v) is 9.75. The largest absolute Gasteiger partial charge is 0.489 e. The minimum absolute atomic E-state index is 0.0195. The lowest BCUT2D eigenvalue weighted by Crippen LogP contribution is -2.42. The molecule has 6 nitrogen and oxygen atoms in total. The van der Waals surface area contributed by atoms with E-state index in [4.69, 9.17) is 4.74 Å². The highest BCUT2D eigenvalue weighted by Gasteiger charge is 2.41. The van der Waals surface area contributed by atoms with Gasteiger partial charge in [0.05, 0.1) is 6.04 Å². The monoisotopic (exact) mass is 422 g/mol. The second-order valence-electron chi connectivity index (χ2n) is 6.61. The Morgan fingerprint density at radius 1 is 1.38 bits per heavy atom. The number of carbonyl (C=O) groups is 1. The van der Waals surface area contributed by atoms with Crippen LogP contribution in [-0.4, -0.2) is 38.7 Å². The van der Waals surface area contributed by atoms with Gasteiger partial charge in [-0.25, -0.2) is 0 Å². The molecule has 152 valence electrons. The van der Waals surface area contributed by atoms with Crippen LogP contribution < -0.4 is 4.74 Å². The number of halogens is 3. The number of hydrogen-bond donors (Lipinski definition) is 0. The lowest BCUT2D eigenvalue weighted by atomic mass is 10.1. The molecular formula is C19H17F3N4O2S. The highest BCUT2D eigenvalue weighted by Crippen LogP contribution is 2.35. The Balaban J connectivity index is 1.67. The number of hydrogen-bond acceptors (Lipinski definition) is 5. The number of aromatic nitrogens is 3. The van der Waals surface area contributed by atoms with Crippen molar-refractivity contribution >= 4 is 27.3 Å². The number of fused-ring (bicyclic) bond motifs is 2. The second kappa shape index (κ2) is 7.18. The van der Waals surface area contributed by atoms with Crippen LogP contribution in [0.5, 0.6) is 5.75 Å².